The van der Waals surface area contributed by atoms with Crippen LogP contribution in [0, 0.1) is 5.82 Å². The van der Waals surface area contributed by atoms with Crippen molar-refractivity contribution < 1.29 is 9.13 Å². The molecule has 0 saturated heterocycles. The summed E-state index contributed by atoms with van der Waals surface area (Å²) in [5.74, 6) is -0.547. The highest BCUT2D eigenvalue weighted by atomic mass is 32.2. The van der Waals surface area contributed by atoms with E-state index in [9.17, 15) is 4.39 Å². The average molecular weight is 174 g/mol. The zero-order chi connectivity index (χ0) is 8.27. The molecule has 0 spiro atoms. The van der Waals surface area contributed by atoms with E-state index >= 15 is 0 Å². The second kappa shape index (κ2) is 3.52. The Balaban J connectivity index is 3.02. The highest BCUT2D eigenvalue weighted by Gasteiger charge is 2.04. The van der Waals surface area contributed by atoms with Gasteiger partial charge in [-0.3, -0.25) is 0 Å². The third-order valence-electron chi connectivity index (χ3n) is 1.07. The van der Waals surface area contributed by atoms with Gasteiger partial charge in [-0.15, -0.1) is 0 Å². The third kappa shape index (κ3) is 1.80. The van der Waals surface area contributed by atoms with Crippen LogP contribution in [-0.2, 0) is 0 Å². The van der Waals surface area contributed by atoms with Crippen molar-refractivity contribution in [3.8, 4) is 5.88 Å². The second-order valence-electron chi connectivity index (χ2n) is 1.71. The molecule has 0 aliphatic rings. The normalized spacial score (nSPS) is 9.73. The molecule has 0 amide bonds. The van der Waals surface area contributed by atoms with E-state index in [0.717, 1.165) is 6.20 Å². The predicted octanol–water partition coefficient (Wildman–Crippen LogP) is 1.35. The number of aromatic nitrogens is 2. The molecule has 0 fully saturated rings. The van der Waals surface area contributed by atoms with Crippen LogP contribution in [0.3, 0.4) is 0 Å². The Bertz CT molecular complexity index is 256. The fourth-order valence-electron chi connectivity index (χ4n) is 0.578. The fraction of sp³-hybridized carbons (Fsp3) is 0.333. The monoisotopic (exact) mass is 174 g/mol. The van der Waals surface area contributed by atoms with Gasteiger partial charge in [0.15, 0.2) is 5.16 Å². The van der Waals surface area contributed by atoms with Gasteiger partial charge in [-0.2, -0.15) is 9.37 Å². The van der Waals surface area contributed by atoms with E-state index in [2.05, 4.69) is 14.7 Å². The predicted molar refractivity (Wildman–Crippen MR) is 40.3 cm³/mol. The van der Waals surface area contributed by atoms with Crippen LogP contribution >= 0.6 is 11.8 Å². The number of hydrogen-bond acceptors (Lipinski definition) is 4. The molecule has 1 rings (SSSR count). The zero-order valence-electron chi connectivity index (χ0n) is 6.17. The maximum absolute atomic E-state index is 12.6. The first-order valence-corrected chi connectivity index (χ1v) is 4.11. The van der Waals surface area contributed by atoms with Crippen LogP contribution < -0.4 is 4.74 Å². The Morgan fingerprint density at radius 2 is 2.36 bits per heavy atom. The zero-order valence-corrected chi connectivity index (χ0v) is 6.98. The number of thioether (sulfide) groups is 1. The van der Waals surface area contributed by atoms with E-state index < -0.39 is 5.82 Å². The molecular formula is C6H7FN2OS. The van der Waals surface area contributed by atoms with Crippen molar-refractivity contribution in [2.75, 3.05) is 13.4 Å². The lowest BCUT2D eigenvalue weighted by molar-refractivity contribution is 0.362. The molecule has 0 N–H and O–H groups in total. The summed E-state index contributed by atoms with van der Waals surface area (Å²) in [6, 6.07) is 0. The van der Waals surface area contributed by atoms with Gasteiger partial charge in [0.1, 0.15) is 0 Å². The van der Waals surface area contributed by atoms with Gasteiger partial charge in [0.25, 0.3) is 5.88 Å². The first kappa shape index (κ1) is 8.26. The quantitative estimate of drug-likeness (QED) is 0.500. The lowest BCUT2D eigenvalue weighted by atomic mass is 10.6. The van der Waals surface area contributed by atoms with Crippen LogP contribution in [-0.4, -0.2) is 23.3 Å². The van der Waals surface area contributed by atoms with Crippen LogP contribution in [0.4, 0.5) is 4.39 Å². The highest BCUT2D eigenvalue weighted by molar-refractivity contribution is 7.98. The summed E-state index contributed by atoms with van der Waals surface area (Å²) in [6.45, 7) is 0. The van der Waals surface area contributed by atoms with Gasteiger partial charge in [-0.1, -0.05) is 11.8 Å². The summed E-state index contributed by atoms with van der Waals surface area (Å²) in [4.78, 5) is 7.47. The third-order valence-corrected chi connectivity index (χ3v) is 1.63. The maximum Gasteiger partial charge on any atom is 0.254 e. The van der Waals surface area contributed by atoms with Crippen LogP contribution in [0.5, 0.6) is 5.88 Å². The summed E-state index contributed by atoms with van der Waals surface area (Å²) in [6.07, 6.45) is 2.91. The van der Waals surface area contributed by atoms with E-state index in [4.69, 9.17) is 0 Å². The summed E-state index contributed by atoms with van der Waals surface area (Å²) in [7, 11) is 1.37. The van der Waals surface area contributed by atoms with Crippen molar-refractivity contribution in [2.24, 2.45) is 0 Å². The van der Waals surface area contributed by atoms with Crippen LogP contribution in [0.15, 0.2) is 11.4 Å². The van der Waals surface area contributed by atoms with E-state index in [1.54, 1.807) is 0 Å². The van der Waals surface area contributed by atoms with Gasteiger partial charge in [-0.05, 0) is 6.26 Å². The molecule has 0 unspecified atom stereocenters. The fourth-order valence-corrected chi connectivity index (χ4v) is 0.910. The molecule has 1 aromatic rings. The van der Waals surface area contributed by atoms with Gasteiger partial charge in [0.2, 0.25) is 5.82 Å². The Morgan fingerprint density at radius 3 is 2.91 bits per heavy atom. The summed E-state index contributed by atoms with van der Waals surface area (Å²) >= 11 is 1.34. The minimum absolute atomic E-state index is 0.00986. The summed E-state index contributed by atoms with van der Waals surface area (Å²) in [5.41, 5.74) is 0. The van der Waals surface area contributed by atoms with E-state index in [-0.39, 0.29) is 5.88 Å². The smallest absolute Gasteiger partial charge is 0.254 e. The van der Waals surface area contributed by atoms with Gasteiger partial charge in [0, 0.05) is 0 Å². The largest absolute Gasteiger partial charge is 0.479 e. The van der Waals surface area contributed by atoms with E-state index in [1.165, 1.54) is 18.9 Å². The summed E-state index contributed by atoms with van der Waals surface area (Å²) < 4.78 is 17.3. The number of halogens is 1. The van der Waals surface area contributed by atoms with Crippen LogP contribution in [0.25, 0.3) is 0 Å². The van der Waals surface area contributed by atoms with Gasteiger partial charge in [-0.25, -0.2) is 4.98 Å². The van der Waals surface area contributed by atoms with Crippen molar-refractivity contribution in [3.05, 3.63) is 12.0 Å². The Hall–Kier alpha value is -0.840. The molecular weight excluding hydrogens is 167 g/mol. The summed E-state index contributed by atoms with van der Waals surface area (Å²) in [5, 5.41) is 0.503. The van der Waals surface area contributed by atoms with Crippen molar-refractivity contribution in [1.29, 1.82) is 0 Å². The van der Waals surface area contributed by atoms with E-state index in [1.807, 2.05) is 6.26 Å². The van der Waals surface area contributed by atoms with Crippen molar-refractivity contribution >= 4 is 11.8 Å². The molecule has 60 valence electrons. The number of ether oxygens (including phenoxy) is 1. The standard InChI is InChI=1S/C6H7FN2OS/c1-10-5-4(7)3-8-6(9-5)11-2/h3H,1-2H3. The molecule has 0 saturated carbocycles. The minimum Gasteiger partial charge on any atom is -0.479 e. The first-order chi connectivity index (χ1) is 5.27. The number of methoxy groups -OCH3 is 1. The number of rotatable bonds is 2. The Labute approximate surface area is 68.0 Å². The molecule has 0 aliphatic carbocycles. The molecule has 0 aliphatic heterocycles. The molecule has 0 bridgehead atoms. The van der Waals surface area contributed by atoms with Crippen molar-refractivity contribution in [3.63, 3.8) is 0 Å². The molecule has 1 aromatic heterocycles. The molecule has 5 heteroatoms. The van der Waals surface area contributed by atoms with Crippen LogP contribution in [0.2, 0.25) is 0 Å². The molecule has 1 heterocycles. The van der Waals surface area contributed by atoms with Crippen molar-refractivity contribution in [2.45, 2.75) is 5.16 Å². The number of hydrogen-bond donors (Lipinski definition) is 0. The molecule has 0 aromatic carbocycles. The molecule has 11 heavy (non-hydrogen) atoms. The van der Waals surface area contributed by atoms with E-state index in [0.29, 0.717) is 5.16 Å². The van der Waals surface area contributed by atoms with Gasteiger partial charge in [0.05, 0.1) is 13.3 Å². The second-order valence-corrected chi connectivity index (χ2v) is 2.49. The highest BCUT2D eigenvalue weighted by Crippen LogP contribution is 2.15. The Morgan fingerprint density at radius 1 is 1.64 bits per heavy atom. The molecule has 3 nitrogen and oxygen atoms in total. The SMILES string of the molecule is COc1nc(SC)ncc1F. The molecule has 0 radical (unpaired) electrons. The average Bonchev–Trinajstić information content (AvgIpc) is 2.05. The maximum atomic E-state index is 12.6. The molecule has 0 atom stereocenters. The minimum atomic E-state index is -0.537. The van der Waals surface area contributed by atoms with Crippen LogP contribution in [0.1, 0.15) is 0 Å². The number of nitrogens with zero attached hydrogens (tertiary/aromatic N) is 2. The lowest BCUT2D eigenvalue weighted by Gasteiger charge is -2.00. The van der Waals surface area contributed by atoms with Gasteiger partial charge >= 0.3 is 0 Å². The lowest BCUT2D eigenvalue weighted by Crippen LogP contribution is -1.95. The van der Waals surface area contributed by atoms with Gasteiger partial charge < -0.3 is 4.74 Å². The topological polar surface area (TPSA) is 35.0 Å². The Kier molecular flexibility index (Phi) is 2.64. The van der Waals surface area contributed by atoms with Crippen molar-refractivity contribution in [1.82, 2.24) is 9.97 Å². The first-order valence-electron chi connectivity index (χ1n) is 2.88.